The predicted molar refractivity (Wildman–Crippen MR) is 59.7 cm³/mol. The van der Waals surface area contributed by atoms with Gasteiger partial charge in [-0.2, -0.15) is 0 Å². The zero-order chi connectivity index (χ0) is 14.7. The number of carbonyl (C=O) groups excluding carboxylic acids is 2. The lowest BCUT2D eigenvalue weighted by Crippen LogP contribution is -2.13. The number of hydrogen-bond donors (Lipinski definition) is 0. The molecule has 0 saturated heterocycles. The maximum atomic E-state index is 13.3. The highest BCUT2D eigenvalue weighted by Gasteiger charge is 2.24. The summed E-state index contributed by atoms with van der Waals surface area (Å²) >= 11 is 0. The van der Waals surface area contributed by atoms with Crippen molar-refractivity contribution in [2.24, 2.45) is 5.92 Å². The number of halogens is 4. The zero-order valence-electron chi connectivity index (χ0n) is 10.4. The maximum Gasteiger partial charge on any atom is 0.198 e. The van der Waals surface area contributed by atoms with Crippen LogP contribution in [0.25, 0.3) is 0 Å². The number of rotatable bonds is 5. The van der Waals surface area contributed by atoms with E-state index < -0.39 is 46.8 Å². The number of ketones is 2. The minimum absolute atomic E-state index is 0.00633. The molecule has 0 radical (unpaired) electrons. The Bertz CT molecular complexity index is 524. The summed E-state index contributed by atoms with van der Waals surface area (Å²) in [7, 11) is 0. The Hall–Kier alpha value is -1.72. The fourth-order valence-corrected chi connectivity index (χ4v) is 1.58. The van der Waals surface area contributed by atoms with Gasteiger partial charge in [-0.25, -0.2) is 17.6 Å². The summed E-state index contributed by atoms with van der Waals surface area (Å²) in [6, 6.07) is 0.263. The van der Waals surface area contributed by atoms with E-state index >= 15 is 0 Å². The quantitative estimate of drug-likeness (QED) is 0.271. The van der Waals surface area contributed by atoms with Crippen molar-refractivity contribution in [3.8, 4) is 0 Å². The molecule has 0 atom stereocenters. The molecule has 1 rings (SSSR count). The van der Waals surface area contributed by atoms with Crippen molar-refractivity contribution in [2.45, 2.75) is 26.7 Å². The van der Waals surface area contributed by atoms with Crippen LogP contribution < -0.4 is 0 Å². The molecular formula is C13H12F4O2. The molecular weight excluding hydrogens is 264 g/mol. The van der Waals surface area contributed by atoms with E-state index in [1.54, 1.807) is 13.8 Å². The molecule has 1 aromatic carbocycles. The van der Waals surface area contributed by atoms with E-state index in [2.05, 4.69) is 0 Å². The van der Waals surface area contributed by atoms with Crippen molar-refractivity contribution >= 4 is 11.6 Å². The molecule has 0 saturated carbocycles. The summed E-state index contributed by atoms with van der Waals surface area (Å²) in [5, 5.41) is 0. The topological polar surface area (TPSA) is 34.1 Å². The molecule has 0 spiro atoms. The molecule has 19 heavy (non-hydrogen) atoms. The Kier molecular flexibility index (Phi) is 4.80. The first kappa shape index (κ1) is 15.3. The van der Waals surface area contributed by atoms with Crippen LogP contribution in [0.5, 0.6) is 0 Å². The van der Waals surface area contributed by atoms with Gasteiger partial charge < -0.3 is 0 Å². The van der Waals surface area contributed by atoms with Gasteiger partial charge in [0.05, 0.1) is 12.0 Å². The first-order valence-electron chi connectivity index (χ1n) is 5.62. The van der Waals surface area contributed by atoms with Crippen LogP contribution in [-0.4, -0.2) is 11.6 Å². The van der Waals surface area contributed by atoms with Crippen LogP contribution in [-0.2, 0) is 4.79 Å². The van der Waals surface area contributed by atoms with Crippen LogP contribution in [0.15, 0.2) is 6.07 Å². The molecule has 1 aromatic rings. The van der Waals surface area contributed by atoms with Crippen molar-refractivity contribution in [3.05, 3.63) is 34.9 Å². The molecule has 0 amide bonds. The Labute approximate surface area is 107 Å². The maximum absolute atomic E-state index is 13.3. The Morgan fingerprint density at radius 2 is 1.63 bits per heavy atom. The van der Waals surface area contributed by atoms with Crippen LogP contribution >= 0.6 is 0 Å². The van der Waals surface area contributed by atoms with Crippen molar-refractivity contribution in [1.82, 2.24) is 0 Å². The zero-order valence-corrected chi connectivity index (χ0v) is 10.4. The van der Waals surface area contributed by atoms with E-state index in [0.29, 0.717) is 0 Å². The van der Waals surface area contributed by atoms with Crippen molar-refractivity contribution in [3.63, 3.8) is 0 Å². The molecule has 104 valence electrons. The van der Waals surface area contributed by atoms with Crippen LogP contribution in [0.3, 0.4) is 0 Å². The first-order valence-corrected chi connectivity index (χ1v) is 5.62. The molecule has 0 N–H and O–H groups in total. The summed E-state index contributed by atoms with van der Waals surface area (Å²) < 4.78 is 51.8. The van der Waals surface area contributed by atoms with Crippen LogP contribution in [0.4, 0.5) is 17.6 Å². The SMILES string of the molecule is CC(C)CC(=O)CC(=O)c1cc(F)c(F)c(F)c1F. The number of benzene rings is 1. The first-order chi connectivity index (χ1) is 8.73. The number of carbonyl (C=O) groups is 2. The van der Waals surface area contributed by atoms with Crippen molar-refractivity contribution in [2.75, 3.05) is 0 Å². The summed E-state index contributed by atoms with van der Waals surface area (Å²) in [5.74, 6) is -9.01. The van der Waals surface area contributed by atoms with Gasteiger partial charge in [0.25, 0.3) is 0 Å². The smallest absolute Gasteiger partial charge is 0.198 e. The Morgan fingerprint density at radius 3 is 2.16 bits per heavy atom. The van der Waals surface area contributed by atoms with Crippen molar-refractivity contribution in [1.29, 1.82) is 0 Å². The molecule has 0 aliphatic heterocycles. The largest absolute Gasteiger partial charge is 0.299 e. The lowest BCUT2D eigenvalue weighted by atomic mass is 9.99. The second kappa shape index (κ2) is 5.95. The molecule has 2 nitrogen and oxygen atoms in total. The van der Waals surface area contributed by atoms with Gasteiger partial charge in [0.1, 0.15) is 5.78 Å². The highest BCUT2D eigenvalue weighted by atomic mass is 19.2. The van der Waals surface area contributed by atoms with E-state index in [1.165, 1.54) is 0 Å². The lowest BCUT2D eigenvalue weighted by Gasteiger charge is -2.06. The second-order valence-corrected chi connectivity index (χ2v) is 4.58. The highest BCUT2D eigenvalue weighted by Crippen LogP contribution is 2.20. The molecule has 0 fully saturated rings. The molecule has 0 heterocycles. The van der Waals surface area contributed by atoms with E-state index in [-0.39, 0.29) is 18.4 Å². The van der Waals surface area contributed by atoms with Gasteiger partial charge in [0.15, 0.2) is 29.1 Å². The van der Waals surface area contributed by atoms with Crippen LogP contribution in [0.1, 0.15) is 37.0 Å². The van der Waals surface area contributed by atoms with Crippen LogP contribution in [0.2, 0.25) is 0 Å². The third kappa shape index (κ3) is 3.62. The minimum atomic E-state index is -2.06. The summed E-state index contributed by atoms with van der Waals surface area (Å²) in [4.78, 5) is 22.9. The predicted octanol–water partition coefficient (Wildman–Crippen LogP) is 3.43. The monoisotopic (exact) mass is 276 g/mol. The van der Waals surface area contributed by atoms with Crippen LogP contribution in [0, 0.1) is 29.2 Å². The Balaban J connectivity index is 2.98. The normalized spacial score (nSPS) is 10.9. The minimum Gasteiger partial charge on any atom is -0.299 e. The van der Waals surface area contributed by atoms with E-state index in [0.717, 1.165) is 0 Å². The van der Waals surface area contributed by atoms with Gasteiger partial charge in [0.2, 0.25) is 0 Å². The average molecular weight is 276 g/mol. The van der Waals surface area contributed by atoms with E-state index in [1.807, 2.05) is 0 Å². The number of hydrogen-bond acceptors (Lipinski definition) is 2. The Morgan fingerprint density at radius 1 is 1.05 bits per heavy atom. The molecule has 6 heteroatoms. The lowest BCUT2D eigenvalue weighted by molar-refractivity contribution is -0.118. The fourth-order valence-electron chi connectivity index (χ4n) is 1.58. The van der Waals surface area contributed by atoms with Gasteiger partial charge in [-0.05, 0) is 12.0 Å². The molecule has 0 unspecified atom stereocenters. The van der Waals surface area contributed by atoms with Gasteiger partial charge in [-0.1, -0.05) is 13.8 Å². The molecule has 0 aliphatic rings. The average Bonchev–Trinajstić information content (AvgIpc) is 2.29. The van der Waals surface area contributed by atoms with Gasteiger partial charge >= 0.3 is 0 Å². The molecule has 0 bridgehead atoms. The third-order valence-corrected chi connectivity index (χ3v) is 2.40. The summed E-state index contributed by atoms with van der Waals surface area (Å²) in [5.41, 5.74) is -0.950. The highest BCUT2D eigenvalue weighted by molar-refractivity contribution is 6.08. The van der Waals surface area contributed by atoms with Crippen molar-refractivity contribution < 1.29 is 27.2 Å². The second-order valence-electron chi connectivity index (χ2n) is 4.58. The summed E-state index contributed by atoms with van der Waals surface area (Å²) in [6.45, 7) is 3.50. The van der Waals surface area contributed by atoms with E-state index in [9.17, 15) is 27.2 Å². The molecule has 0 aromatic heterocycles. The third-order valence-electron chi connectivity index (χ3n) is 2.40. The standard InChI is InChI=1S/C13H12F4O2/c1-6(2)3-7(18)4-10(19)8-5-9(14)12(16)13(17)11(8)15/h5-6H,3-4H2,1-2H3. The van der Waals surface area contributed by atoms with Gasteiger partial charge in [-0.3, -0.25) is 9.59 Å². The summed E-state index contributed by atoms with van der Waals surface area (Å²) in [6.07, 6.45) is -0.570. The van der Waals surface area contributed by atoms with Gasteiger partial charge in [0, 0.05) is 6.42 Å². The van der Waals surface area contributed by atoms with Gasteiger partial charge in [-0.15, -0.1) is 0 Å². The van der Waals surface area contributed by atoms with E-state index in [4.69, 9.17) is 0 Å². The molecule has 0 aliphatic carbocycles. The number of Topliss-reactive ketones (excluding diaryl/α,β-unsaturated/α-hetero) is 2. The fraction of sp³-hybridized carbons (Fsp3) is 0.385.